The van der Waals surface area contributed by atoms with Crippen LogP contribution in [0.15, 0.2) is 18.3 Å². The van der Waals surface area contributed by atoms with Gasteiger partial charge in [-0.15, -0.1) is 6.42 Å². The van der Waals surface area contributed by atoms with Gasteiger partial charge in [-0.25, -0.2) is 0 Å². The van der Waals surface area contributed by atoms with Crippen LogP contribution in [0.3, 0.4) is 0 Å². The van der Waals surface area contributed by atoms with Gasteiger partial charge in [-0.05, 0) is 11.6 Å². The van der Waals surface area contributed by atoms with Crippen molar-refractivity contribution in [1.29, 1.82) is 0 Å². The van der Waals surface area contributed by atoms with Crippen molar-refractivity contribution in [3.05, 3.63) is 29.6 Å². The Labute approximate surface area is 78.6 Å². The van der Waals surface area contributed by atoms with Gasteiger partial charge in [-0.3, -0.25) is 9.88 Å². The third-order valence-electron chi connectivity index (χ3n) is 2.36. The van der Waals surface area contributed by atoms with E-state index in [9.17, 15) is 0 Å². The minimum atomic E-state index is 0.744. The maximum atomic E-state index is 5.27. The summed E-state index contributed by atoms with van der Waals surface area (Å²) in [6.07, 6.45) is 8.15. The Balaban J connectivity index is 2.16. The van der Waals surface area contributed by atoms with E-state index in [2.05, 4.69) is 21.9 Å². The fourth-order valence-electron chi connectivity index (χ4n) is 1.69. The molecule has 2 heterocycles. The van der Waals surface area contributed by atoms with Crippen molar-refractivity contribution in [3.8, 4) is 12.3 Å². The van der Waals surface area contributed by atoms with E-state index < -0.39 is 0 Å². The average Bonchev–Trinajstić information content (AvgIpc) is 2.18. The van der Waals surface area contributed by atoms with E-state index in [1.54, 1.807) is 0 Å². The Morgan fingerprint density at radius 3 is 3.38 bits per heavy atom. The minimum Gasteiger partial charge on any atom is -0.288 e. The van der Waals surface area contributed by atoms with Crippen LogP contribution in [0.25, 0.3) is 0 Å². The third kappa shape index (κ3) is 1.71. The standard InChI is InChI=1S/C11H12N2/c1-2-7-13-8-5-11-10(9-13)4-3-6-12-11/h1,3-4,6H,5,7-9H2. The molecule has 1 aromatic heterocycles. The molecule has 13 heavy (non-hydrogen) atoms. The van der Waals surface area contributed by atoms with Crippen molar-refractivity contribution in [3.63, 3.8) is 0 Å². The van der Waals surface area contributed by atoms with Crippen molar-refractivity contribution >= 4 is 0 Å². The van der Waals surface area contributed by atoms with Crippen molar-refractivity contribution in [2.75, 3.05) is 13.1 Å². The highest BCUT2D eigenvalue weighted by atomic mass is 15.1. The lowest BCUT2D eigenvalue weighted by molar-refractivity contribution is 0.283. The maximum Gasteiger partial charge on any atom is 0.0601 e. The topological polar surface area (TPSA) is 16.1 Å². The molecule has 0 bridgehead atoms. The molecule has 1 aliphatic heterocycles. The monoisotopic (exact) mass is 172 g/mol. The summed E-state index contributed by atoms with van der Waals surface area (Å²) in [5.41, 5.74) is 2.56. The molecule has 2 rings (SSSR count). The van der Waals surface area contributed by atoms with E-state index in [4.69, 9.17) is 6.42 Å². The highest BCUT2D eigenvalue weighted by Crippen LogP contribution is 2.15. The van der Waals surface area contributed by atoms with E-state index in [0.29, 0.717) is 0 Å². The van der Waals surface area contributed by atoms with Gasteiger partial charge in [0, 0.05) is 31.4 Å². The molecule has 2 nitrogen and oxygen atoms in total. The number of hydrogen-bond donors (Lipinski definition) is 0. The molecular formula is C11H12N2. The molecule has 0 saturated carbocycles. The van der Waals surface area contributed by atoms with Crippen LogP contribution in [-0.4, -0.2) is 23.0 Å². The first kappa shape index (κ1) is 8.28. The lowest BCUT2D eigenvalue weighted by Crippen LogP contribution is -2.31. The molecule has 66 valence electrons. The van der Waals surface area contributed by atoms with Gasteiger partial charge in [0.25, 0.3) is 0 Å². The van der Waals surface area contributed by atoms with E-state index in [1.807, 2.05) is 12.3 Å². The highest BCUT2D eigenvalue weighted by molar-refractivity contribution is 5.22. The zero-order valence-electron chi connectivity index (χ0n) is 7.53. The summed E-state index contributed by atoms with van der Waals surface area (Å²) in [5.74, 6) is 2.67. The largest absolute Gasteiger partial charge is 0.288 e. The Morgan fingerprint density at radius 1 is 1.62 bits per heavy atom. The smallest absolute Gasteiger partial charge is 0.0601 e. The quantitative estimate of drug-likeness (QED) is 0.589. The zero-order chi connectivity index (χ0) is 9.10. The number of aromatic nitrogens is 1. The Bertz CT molecular complexity index is 338. The van der Waals surface area contributed by atoms with E-state index in [-0.39, 0.29) is 0 Å². The molecule has 0 saturated heterocycles. The summed E-state index contributed by atoms with van der Waals surface area (Å²) in [7, 11) is 0. The second kappa shape index (κ2) is 3.59. The number of hydrogen-bond acceptors (Lipinski definition) is 2. The van der Waals surface area contributed by atoms with Crippen LogP contribution in [0, 0.1) is 12.3 Å². The van der Waals surface area contributed by atoms with Crippen LogP contribution in [0.1, 0.15) is 11.3 Å². The molecule has 0 atom stereocenters. The van der Waals surface area contributed by atoms with Crippen LogP contribution in [0.4, 0.5) is 0 Å². The molecule has 0 amide bonds. The lowest BCUT2D eigenvalue weighted by Gasteiger charge is -2.25. The minimum absolute atomic E-state index is 0.744. The number of rotatable bonds is 1. The Morgan fingerprint density at radius 2 is 2.54 bits per heavy atom. The molecule has 0 spiro atoms. The van der Waals surface area contributed by atoms with Gasteiger partial charge in [0.1, 0.15) is 0 Å². The molecule has 0 unspecified atom stereocenters. The van der Waals surface area contributed by atoms with Crippen LogP contribution >= 0.6 is 0 Å². The molecule has 1 aliphatic rings. The molecule has 1 aromatic rings. The maximum absolute atomic E-state index is 5.27. The van der Waals surface area contributed by atoms with Gasteiger partial charge in [0.05, 0.1) is 6.54 Å². The summed E-state index contributed by atoms with van der Waals surface area (Å²) in [6, 6.07) is 4.11. The number of nitrogens with zero attached hydrogens (tertiary/aromatic N) is 2. The first-order valence-electron chi connectivity index (χ1n) is 4.49. The SMILES string of the molecule is C#CCN1CCc2ncccc2C1. The number of terminal acetylenes is 1. The van der Waals surface area contributed by atoms with E-state index in [0.717, 1.165) is 26.1 Å². The van der Waals surface area contributed by atoms with Crippen molar-refractivity contribution < 1.29 is 0 Å². The number of fused-ring (bicyclic) bond motifs is 1. The number of pyridine rings is 1. The van der Waals surface area contributed by atoms with Crippen molar-refractivity contribution in [1.82, 2.24) is 9.88 Å². The average molecular weight is 172 g/mol. The van der Waals surface area contributed by atoms with Crippen molar-refractivity contribution in [2.24, 2.45) is 0 Å². The van der Waals surface area contributed by atoms with Crippen LogP contribution in [0.5, 0.6) is 0 Å². The Kier molecular flexibility index (Phi) is 2.29. The second-order valence-electron chi connectivity index (χ2n) is 3.27. The second-order valence-corrected chi connectivity index (χ2v) is 3.27. The lowest BCUT2D eigenvalue weighted by atomic mass is 10.1. The summed E-state index contributed by atoms with van der Waals surface area (Å²) in [5, 5.41) is 0. The van der Waals surface area contributed by atoms with Gasteiger partial charge >= 0.3 is 0 Å². The van der Waals surface area contributed by atoms with Crippen LogP contribution < -0.4 is 0 Å². The van der Waals surface area contributed by atoms with Gasteiger partial charge < -0.3 is 0 Å². The van der Waals surface area contributed by atoms with Gasteiger partial charge in [-0.2, -0.15) is 0 Å². The molecule has 0 aromatic carbocycles. The normalized spacial score (nSPS) is 16.2. The summed E-state index contributed by atoms with van der Waals surface area (Å²) < 4.78 is 0. The molecule has 0 fully saturated rings. The predicted molar refractivity (Wildman–Crippen MR) is 52.1 cm³/mol. The zero-order valence-corrected chi connectivity index (χ0v) is 7.53. The van der Waals surface area contributed by atoms with Crippen molar-refractivity contribution in [2.45, 2.75) is 13.0 Å². The fourth-order valence-corrected chi connectivity index (χ4v) is 1.69. The molecule has 0 aliphatic carbocycles. The summed E-state index contributed by atoms with van der Waals surface area (Å²) in [4.78, 5) is 6.60. The van der Waals surface area contributed by atoms with Gasteiger partial charge in [0.15, 0.2) is 0 Å². The first-order valence-corrected chi connectivity index (χ1v) is 4.49. The molecule has 0 N–H and O–H groups in total. The summed E-state index contributed by atoms with van der Waals surface area (Å²) >= 11 is 0. The molecule has 2 heteroatoms. The highest BCUT2D eigenvalue weighted by Gasteiger charge is 2.14. The molecule has 0 radical (unpaired) electrons. The van der Waals surface area contributed by atoms with E-state index >= 15 is 0 Å². The third-order valence-corrected chi connectivity index (χ3v) is 2.36. The fraction of sp³-hybridized carbons (Fsp3) is 0.364. The van der Waals surface area contributed by atoms with Gasteiger partial charge in [0.2, 0.25) is 0 Å². The van der Waals surface area contributed by atoms with Gasteiger partial charge in [-0.1, -0.05) is 12.0 Å². The first-order chi connectivity index (χ1) is 6.40. The van der Waals surface area contributed by atoms with Crippen LogP contribution in [0.2, 0.25) is 0 Å². The van der Waals surface area contributed by atoms with E-state index in [1.165, 1.54) is 11.3 Å². The van der Waals surface area contributed by atoms with Crippen LogP contribution in [-0.2, 0) is 13.0 Å². The predicted octanol–water partition coefficient (Wildman–Crippen LogP) is 1.07. The summed E-state index contributed by atoms with van der Waals surface area (Å²) in [6.45, 7) is 2.73. The Hall–Kier alpha value is -1.33. The molecular weight excluding hydrogens is 160 g/mol.